The van der Waals surface area contributed by atoms with Gasteiger partial charge in [-0.05, 0) is 42.5 Å². The smallest absolute Gasteiger partial charge is 0.251 e. The van der Waals surface area contributed by atoms with Crippen molar-refractivity contribution in [2.24, 2.45) is 0 Å². The second kappa shape index (κ2) is 6.34. The van der Waals surface area contributed by atoms with Crippen LogP contribution < -0.4 is 5.32 Å². The van der Waals surface area contributed by atoms with Crippen molar-refractivity contribution in [1.29, 1.82) is 0 Å². The average Bonchev–Trinajstić information content (AvgIpc) is 2.85. The first-order valence-electron chi connectivity index (χ1n) is 6.22. The van der Waals surface area contributed by atoms with Crippen LogP contribution in [-0.2, 0) is 17.6 Å². The first-order chi connectivity index (χ1) is 8.74. The molecule has 1 aliphatic rings. The lowest BCUT2D eigenvalue weighted by atomic mass is 10.1. The Morgan fingerprint density at radius 3 is 2.94 bits per heavy atom. The molecule has 18 heavy (non-hydrogen) atoms. The van der Waals surface area contributed by atoms with Gasteiger partial charge in [0.05, 0.1) is 12.6 Å². The van der Waals surface area contributed by atoms with E-state index >= 15 is 0 Å². The van der Waals surface area contributed by atoms with E-state index in [0.717, 1.165) is 18.4 Å². The van der Waals surface area contributed by atoms with Crippen LogP contribution in [0.15, 0.2) is 18.2 Å². The Morgan fingerprint density at radius 1 is 1.44 bits per heavy atom. The molecule has 0 saturated carbocycles. The summed E-state index contributed by atoms with van der Waals surface area (Å²) in [4.78, 5) is 12.1. The Labute approximate surface area is 116 Å². The summed E-state index contributed by atoms with van der Waals surface area (Å²) < 4.78 is 5.06. The summed E-state index contributed by atoms with van der Waals surface area (Å²) in [6.45, 7) is 0.516. The molecule has 1 N–H and O–H groups in total. The second-order valence-corrected chi connectivity index (χ2v) is 5.26. The lowest BCUT2D eigenvalue weighted by Crippen LogP contribution is -2.39. The fraction of sp³-hybridized carbons (Fsp3) is 0.500. The summed E-state index contributed by atoms with van der Waals surface area (Å²) in [5, 5.41) is 3.66. The second-order valence-electron chi connectivity index (χ2n) is 4.62. The Morgan fingerprint density at radius 2 is 2.22 bits per heavy atom. The zero-order valence-corrected chi connectivity index (χ0v) is 12.1. The molecule has 3 nitrogen and oxygen atoms in total. The Balaban J connectivity index is 2.04. The minimum atomic E-state index is -0.0220. The molecule has 0 spiro atoms. The van der Waals surface area contributed by atoms with Gasteiger partial charge in [-0.15, -0.1) is 0 Å². The summed E-state index contributed by atoms with van der Waals surface area (Å²) in [5.41, 5.74) is 3.46. The maximum atomic E-state index is 12.1. The van der Waals surface area contributed by atoms with E-state index in [1.807, 2.05) is 12.1 Å². The molecular weight excluding hydrogens is 294 g/mol. The fourth-order valence-corrected chi connectivity index (χ4v) is 2.66. The molecular formula is C14H18BrNO2. The normalized spacial score (nSPS) is 15.2. The van der Waals surface area contributed by atoms with E-state index in [-0.39, 0.29) is 11.9 Å². The van der Waals surface area contributed by atoms with Gasteiger partial charge in [0.2, 0.25) is 0 Å². The molecule has 2 rings (SSSR count). The first-order valence-corrected chi connectivity index (χ1v) is 7.34. The van der Waals surface area contributed by atoms with Crippen LogP contribution in [0.4, 0.5) is 0 Å². The van der Waals surface area contributed by atoms with E-state index in [2.05, 4.69) is 27.3 Å². The molecule has 1 amide bonds. The van der Waals surface area contributed by atoms with Crippen LogP contribution in [0.3, 0.4) is 0 Å². The van der Waals surface area contributed by atoms with Crippen LogP contribution in [0.1, 0.15) is 27.9 Å². The van der Waals surface area contributed by atoms with Crippen LogP contribution in [-0.4, -0.2) is 31.0 Å². The van der Waals surface area contributed by atoms with Crippen LogP contribution in [0.5, 0.6) is 0 Å². The Kier molecular flexibility index (Phi) is 4.78. The number of amides is 1. The number of ether oxygens (including phenoxy) is 1. The molecule has 4 heteroatoms. The van der Waals surface area contributed by atoms with Gasteiger partial charge in [0.1, 0.15) is 0 Å². The van der Waals surface area contributed by atoms with E-state index < -0.39 is 0 Å². The molecule has 0 radical (unpaired) electrons. The highest BCUT2D eigenvalue weighted by molar-refractivity contribution is 9.09. The molecule has 1 unspecified atom stereocenters. The molecule has 1 aliphatic carbocycles. The van der Waals surface area contributed by atoms with Gasteiger partial charge < -0.3 is 10.1 Å². The van der Waals surface area contributed by atoms with E-state index in [4.69, 9.17) is 4.74 Å². The summed E-state index contributed by atoms with van der Waals surface area (Å²) in [6.07, 6.45) is 3.44. The topological polar surface area (TPSA) is 38.3 Å². The third-order valence-corrected chi connectivity index (χ3v) is 4.03. The molecule has 98 valence electrons. The van der Waals surface area contributed by atoms with Gasteiger partial charge in [-0.25, -0.2) is 0 Å². The van der Waals surface area contributed by atoms with Crippen LogP contribution in [0, 0.1) is 0 Å². The van der Waals surface area contributed by atoms with E-state index in [1.54, 1.807) is 7.11 Å². The van der Waals surface area contributed by atoms with Crippen molar-refractivity contribution in [1.82, 2.24) is 5.32 Å². The molecule has 0 heterocycles. The summed E-state index contributed by atoms with van der Waals surface area (Å²) in [5.74, 6) is -0.0220. The van der Waals surface area contributed by atoms with Crippen LogP contribution >= 0.6 is 15.9 Å². The third-order valence-electron chi connectivity index (χ3n) is 3.25. The first kappa shape index (κ1) is 13.6. The number of fused-ring (bicyclic) bond motifs is 1. The predicted molar refractivity (Wildman–Crippen MR) is 75.4 cm³/mol. The molecule has 0 fully saturated rings. The van der Waals surface area contributed by atoms with Gasteiger partial charge in [0.25, 0.3) is 5.91 Å². The molecule has 0 aliphatic heterocycles. The van der Waals surface area contributed by atoms with E-state index in [0.29, 0.717) is 11.9 Å². The summed E-state index contributed by atoms with van der Waals surface area (Å²) >= 11 is 3.37. The zero-order chi connectivity index (χ0) is 13.0. The number of aryl methyl sites for hydroxylation is 2. The van der Waals surface area contributed by atoms with Crippen LogP contribution in [0.2, 0.25) is 0 Å². The molecule has 0 bridgehead atoms. The van der Waals surface area contributed by atoms with Gasteiger partial charge in [0.15, 0.2) is 0 Å². The number of carbonyl (C=O) groups excluding carboxylic acids is 1. The zero-order valence-electron chi connectivity index (χ0n) is 10.5. The standard InChI is InChI=1S/C14H18BrNO2/c1-18-9-13(8-15)16-14(17)12-6-5-10-3-2-4-11(10)7-12/h5-7,13H,2-4,8-9H2,1H3,(H,16,17). The highest BCUT2D eigenvalue weighted by Crippen LogP contribution is 2.22. The Hall–Kier alpha value is -0.870. The van der Waals surface area contributed by atoms with Gasteiger partial charge in [-0.2, -0.15) is 0 Å². The quantitative estimate of drug-likeness (QED) is 0.848. The molecule has 1 aromatic carbocycles. The maximum absolute atomic E-state index is 12.1. The molecule has 0 saturated heterocycles. The molecule has 0 aromatic heterocycles. The highest BCUT2D eigenvalue weighted by atomic mass is 79.9. The fourth-order valence-electron chi connectivity index (χ4n) is 2.31. The van der Waals surface area contributed by atoms with Crippen molar-refractivity contribution in [3.05, 3.63) is 34.9 Å². The Bertz CT molecular complexity index is 434. The monoisotopic (exact) mass is 311 g/mol. The lowest BCUT2D eigenvalue weighted by molar-refractivity contribution is 0.0908. The van der Waals surface area contributed by atoms with E-state index in [9.17, 15) is 4.79 Å². The number of carbonyl (C=O) groups is 1. The number of halogens is 1. The number of hydrogen-bond donors (Lipinski definition) is 1. The van der Waals surface area contributed by atoms with Crippen molar-refractivity contribution >= 4 is 21.8 Å². The maximum Gasteiger partial charge on any atom is 0.251 e. The van der Waals surface area contributed by atoms with Crippen molar-refractivity contribution < 1.29 is 9.53 Å². The number of hydrogen-bond acceptors (Lipinski definition) is 2. The molecule has 1 atom stereocenters. The van der Waals surface area contributed by atoms with Crippen molar-refractivity contribution in [2.45, 2.75) is 25.3 Å². The third kappa shape index (κ3) is 3.12. The van der Waals surface area contributed by atoms with Gasteiger partial charge in [-0.3, -0.25) is 4.79 Å². The van der Waals surface area contributed by atoms with Crippen molar-refractivity contribution in [3.8, 4) is 0 Å². The molecule has 1 aromatic rings. The number of rotatable bonds is 5. The largest absolute Gasteiger partial charge is 0.383 e. The van der Waals surface area contributed by atoms with Gasteiger partial charge >= 0.3 is 0 Å². The number of methoxy groups -OCH3 is 1. The highest BCUT2D eigenvalue weighted by Gasteiger charge is 2.16. The van der Waals surface area contributed by atoms with Crippen molar-refractivity contribution in [3.63, 3.8) is 0 Å². The minimum absolute atomic E-state index is 0.00996. The van der Waals surface area contributed by atoms with Crippen molar-refractivity contribution in [2.75, 3.05) is 19.0 Å². The number of benzene rings is 1. The summed E-state index contributed by atoms with van der Waals surface area (Å²) in [7, 11) is 1.64. The minimum Gasteiger partial charge on any atom is -0.383 e. The number of nitrogens with one attached hydrogen (secondary N) is 1. The lowest BCUT2D eigenvalue weighted by Gasteiger charge is -2.15. The average molecular weight is 312 g/mol. The van der Waals surface area contributed by atoms with Gasteiger partial charge in [-0.1, -0.05) is 22.0 Å². The summed E-state index contributed by atoms with van der Waals surface area (Å²) in [6, 6.07) is 6.03. The van der Waals surface area contributed by atoms with Gasteiger partial charge in [0, 0.05) is 18.0 Å². The number of alkyl halides is 1. The van der Waals surface area contributed by atoms with Crippen LogP contribution in [0.25, 0.3) is 0 Å². The SMILES string of the molecule is COCC(CBr)NC(=O)c1ccc2c(c1)CCC2. The predicted octanol–water partition coefficient (Wildman–Crippen LogP) is 2.32. The van der Waals surface area contributed by atoms with E-state index in [1.165, 1.54) is 17.5 Å².